The molecule has 1 N–H and O–H groups in total. The molecule has 0 aliphatic heterocycles. The van der Waals surface area contributed by atoms with Crippen molar-refractivity contribution in [2.24, 2.45) is 0 Å². The van der Waals surface area contributed by atoms with Gasteiger partial charge in [-0.25, -0.2) is 13.1 Å². The first-order valence-electron chi connectivity index (χ1n) is 7.15. The van der Waals surface area contributed by atoms with Crippen molar-refractivity contribution in [1.29, 1.82) is 0 Å². The lowest BCUT2D eigenvalue weighted by Gasteiger charge is -2.26. The van der Waals surface area contributed by atoms with E-state index in [1.807, 2.05) is 18.2 Å². The molecule has 1 aliphatic carbocycles. The van der Waals surface area contributed by atoms with Crippen LogP contribution in [0.2, 0.25) is 0 Å². The van der Waals surface area contributed by atoms with Crippen molar-refractivity contribution in [2.45, 2.75) is 31.4 Å². The molecule has 1 aromatic rings. The molecule has 0 bridgehead atoms. The second-order valence-corrected chi connectivity index (χ2v) is 7.15. The average molecular weight is 313 g/mol. The highest BCUT2D eigenvalue weighted by Crippen LogP contribution is 2.30. The van der Waals surface area contributed by atoms with E-state index in [1.54, 1.807) is 0 Å². The van der Waals surface area contributed by atoms with Crippen LogP contribution in [-0.2, 0) is 25.9 Å². The van der Waals surface area contributed by atoms with E-state index in [4.69, 9.17) is 9.47 Å². The minimum absolute atomic E-state index is 0.0873. The molecule has 1 aliphatic rings. The quantitative estimate of drug-likeness (QED) is 0.831. The van der Waals surface area contributed by atoms with Crippen molar-refractivity contribution in [2.75, 3.05) is 26.6 Å². The summed E-state index contributed by atoms with van der Waals surface area (Å²) < 4.78 is 37.5. The number of nitrogens with one attached hydrogen (secondary N) is 1. The van der Waals surface area contributed by atoms with Crippen LogP contribution < -0.4 is 4.72 Å². The summed E-state index contributed by atoms with van der Waals surface area (Å²) in [5.41, 5.74) is 2.32. The predicted octanol–water partition coefficient (Wildman–Crippen LogP) is 1.64. The molecule has 5 nitrogen and oxygen atoms in total. The fourth-order valence-electron chi connectivity index (χ4n) is 2.76. The van der Waals surface area contributed by atoms with E-state index in [2.05, 4.69) is 10.8 Å². The minimum Gasteiger partial charge on any atom is -0.382 e. The summed E-state index contributed by atoms with van der Waals surface area (Å²) in [5, 5.41) is 0. The monoisotopic (exact) mass is 313 g/mol. The fourth-order valence-corrected chi connectivity index (χ4v) is 4.25. The molecule has 0 heterocycles. The Kier molecular flexibility index (Phi) is 5.75. The molecule has 0 fully saturated rings. The topological polar surface area (TPSA) is 64.6 Å². The highest BCUT2D eigenvalue weighted by molar-refractivity contribution is 7.89. The standard InChI is InChI=1S/C15H23NO4S/c1-19-10-13(20-2)11-21(17,18)16-15-9-5-7-12-6-3-4-8-14(12)15/h3-4,6,8,13,15-16H,5,7,9-11H2,1-2H3/t13-,15+/m0/s1. The number of rotatable bonds is 7. The van der Waals surface area contributed by atoms with Gasteiger partial charge in [-0.3, -0.25) is 0 Å². The Balaban J connectivity index is 2.07. The smallest absolute Gasteiger partial charge is 0.214 e. The van der Waals surface area contributed by atoms with Gasteiger partial charge in [-0.15, -0.1) is 0 Å². The highest BCUT2D eigenvalue weighted by atomic mass is 32.2. The lowest BCUT2D eigenvalue weighted by atomic mass is 9.88. The molecule has 0 saturated heterocycles. The first-order chi connectivity index (χ1) is 10.1. The normalized spacial score (nSPS) is 20.0. The lowest BCUT2D eigenvalue weighted by Crippen LogP contribution is -2.38. The van der Waals surface area contributed by atoms with Gasteiger partial charge in [0.05, 0.1) is 18.5 Å². The molecule has 0 amide bonds. The Morgan fingerprint density at radius 2 is 2.10 bits per heavy atom. The predicted molar refractivity (Wildman–Crippen MR) is 81.7 cm³/mol. The third-order valence-corrected chi connectivity index (χ3v) is 5.24. The van der Waals surface area contributed by atoms with Gasteiger partial charge in [0, 0.05) is 20.3 Å². The van der Waals surface area contributed by atoms with E-state index in [1.165, 1.54) is 19.8 Å². The number of fused-ring (bicyclic) bond motifs is 1. The molecule has 2 atom stereocenters. The number of hydrogen-bond donors (Lipinski definition) is 1. The summed E-state index contributed by atoms with van der Waals surface area (Å²) in [7, 11) is -0.386. The zero-order chi connectivity index (χ0) is 15.3. The van der Waals surface area contributed by atoms with Gasteiger partial charge in [-0.1, -0.05) is 24.3 Å². The molecule has 1 aromatic carbocycles. The van der Waals surface area contributed by atoms with Crippen molar-refractivity contribution >= 4 is 10.0 Å². The first kappa shape index (κ1) is 16.4. The summed E-state index contributed by atoms with van der Waals surface area (Å²) in [5.74, 6) is -0.0873. The second kappa shape index (κ2) is 7.35. The van der Waals surface area contributed by atoms with Gasteiger partial charge in [-0.05, 0) is 30.4 Å². The Morgan fingerprint density at radius 3 is 2.81 bits per heavy atom. The van der Waals surface area contributed by atoms with Crippen molar-refractivity contribution in [1.82, 2.24) is 4.72 Å². The molecule has 0 aromatic heterocycles. The molecule has 21 heavy (non-hydrogen) atoms. The van der Waals surface area contributed by atoms with Crippen molar-refractivity contribution in [3.63, 3.8) is 0 Å². The third-order valence-electron chi connectivity index (χ3n) is 3.78. The van der Waals surface area contributed by atoms with E-state index in [0.29, 0.717) is 0 Å². The zero-order valence-electron chi connectivity index (χ0n) is 12.5. The number of ether oxygens (including phenoxy) is 2. The molecular weight excluding hydrogens is 290 g/mol. The molecule has 0 saturated carbocycles. The molecule has 118 valence electrons. The Hall–Kier alpha value is -0.950. The first-order valence-corrected chi connectivity index (χ1v) is 8.80. The van der Waals surface area contributed by atoms with Crippen molar-refractivity contribution in [3.8, 4) is 0 Å². The zero-order valence-corrected chi connectivity index (χ0v) is 13.4. The van der Waals surface area contributed by atoms with Gasteiger partial charge >= 0.3 is 0 Å². The number of aryl methyl sites for hydroxylation is 1. The van der Waals surface area contributed by atoms with Crippen LogP contribution in [0.1, 0.15) is 30.0 Å². The van der Waals surface area contributed by atoms with Gasteiger partial charge < -0.3 is 9.47 Å². The van der Waals surface area contributed by atoms with Crippen LogP contribution in [0.5, 0.6) is 0 Å². The number of sulfonamides is 1. The van der Waals surface area contributed by atoms with Gasteiger partial charge in [0.1, 0.15) is 0 Å². The average Bonchev–Trinajstić information content (AvgIpc) is 2.46. The largest absolute Gasteiger partial charge is 0.382 e. The number of hydrogen-bond acceptors (Lipinski definition) is 4. The van der Waals surface area contributed by atoms with Crippen LogP contribution >= 0.6 is 0 Å². The minimum atomic E-state index is -3.41. The van der Waals surface area contributed by atoms with E-state index in [-0.39, 0.29) is 18.4 Å². The molecule has 2 rings (SSSR count). The van der Waals surface area contributed by atoms with E-state index < -0.39 is 16.1 Å². The van der Waals surface area contributed by atoms with Gasteiger partial charge in [0.2, 0.25) is 10.0 Å². The maximum absolute atomic E-state index is 12.3. The fraction of sp³-hybridized carbons (Fsp3) is 0.600. The Labute approximate surface area is 126 Å². The van der Waals surface area contributed by atoms with Crippen molar-refractivity contribution < 1.29 is 17.9 Å². The Morgan fingerprint density at radius 1 is 1.33 bits per heavy atom. The van der Waals surface area contributed by atoms with Crippen LogP contribution in [0.4, 0.5) is 0 Å². The van der Waals surface area contributed by atoms with Gasteiger partial charge in [-0.2, -0.15) is 0 Å². The molecule has 0 unspecified atom stereocenters. The summed E-state index contributed by atoms with van der Waals surface area (Å²) in [4.78, 5) is 0. The number of benzene rings is 1. The van der Waals surface area contributed by atoms with Crippen LogP contribution in [0.15, 0.2) is 24.3 Å². The summed E-state index contributed by atoms with van der Waals surface area (Å²) in [6.07, 6.45) is 2.39. The summed E-state index contributed by atoms with van der Waals surface area (Å²) >= 11 is 0. The van der Waals surface area contributed by atoms with Crippen LogP contribution in [0, 0.1) is 0 Å². The molecular formula is C15H23NO4S. The lowest BCUT2D eigenvalue weighted by molar-refractivity contribution is 0.0418. The second-order valence-electron chi connectivity index (χ2n) is 5.36. The van der Waals surface area contributed by atoms with Crippen molar-refractivity contribution in [3.05, 3.63) is 35.4 Å². The number of methoxy groups -OCH3 is 2. The molecule has 0 radical (unpaired) electrons. The van der Waals surface area contributed by atoms with Crippen LogP contribution in [-0.4, -0.2) is 41.1 Å². The molecule has 0 spiro atoms. The molecule has 6 heteroatoms. The SMILES string of the molecule is COC[C@@H](CS(=O)(=O)N[C@@H]1CCCc2ccccc21)OC. The van der Waals surface area contributed by atoms with E-state index >= 15 is 0 Å². The van der Waals surface area contributed by atoms with E-state index in [0.717, 1.165) is 24.8 Å². The van der Waals surface area contributed by atoms with Crippen LogP contribution in [0.25, 0.3) is 0 Å². The third kappa shape index (κ3) is 4.51. The summed E-state index contributed by atoms with van der Waals surface area (Å²) in [6.45, 7) is 0.263. The maximum Gasteiger partial charge on any atom is 0.214 e. The van der Waals surface area contributed by atoms with Crippen LogP contribution in [0.3, 0.4) is 0 Å². The van der Waals surface area contributed by atoms with Gasteiger partial charge in [0.15, 0.2) is 0 Å². The Bertz CT molecular complexity index is 559. The van der Waals surface area contributed by atoms with E-state index in [9.17, 15) is 8.42 Å². The maximum atomic E-state index is 12.3. The van der Waals surface area contributed by atoms with Gasteiger partial charge in [0.25, 0.3) is 0 Å². The summed E-state index contributed by atoms with van der Waals surface area (Å²) in [6, 6.07) is 7.88. The highest BCUT2D eigenvalue weighted by Gasteiger charge is 2.26.